The van der Waals surface area contributed by atoms with Gasteiger partial charge < -0.3 is 5.32 Å². The van der Waals surface area contributed by atoms with Crippen LogP contribution in [0.2, 0.25) is 0 Å². The fourth-order valence-corrected chi connectivity index (χ4v) is 4.37. The van der Waals surface area contributed by atoms with E-state index < -0.39 is 0 Å². The van der Waals surface area contributed by atoms with E-state index >= 15 is 0 Å². The maximum atomic E-state index is 13.2. The summed E-state index contributed by atoms with van der Waals surface area (Å²) in [4.78, 5) is 22.2. The molecular weight excluding hydrogens is 362 g/mol. The Balaban J connectivity index is 1.70. The van der Waals surface area contributed by atoms with Crippen molar-refractivity contribution in [2.24, 2.45) is 5.41 Å². The van der Waals surface area contributed by atoms with Crippen LogP contribution in [0.1, 0.15) is 43.9 Å². The number of hydrogen-bond acceptors (Lipinski definition) is 5. The number of allylic oxidation sites excluding steroid dienone is 2. The molecule has 1 unspecified atom stereocenters. The molecule has 0 amide bonds. The van der Waals surface area contributed by atoms with Crippen LogP contribution in [0, 0.1) is 12.3 Å². The van der Waals surface area contributed by atoms with Gasteiger partial charge in [0, 0.05) is 35.6 Å². The average molecular weight is 385 g/mol. The van der Waals surface area contributed by atoms with E-state index in [0.29, 0.717) is 18.2 Å². The minimum Gasteiger partial charge on any atom is -0.328 e. The van der Waals surface area contributed by atoms with Gasteiger partial charge in [0.1, 0.15) is 6.04 Å². The van der Waals surface area contributed by atoms with E-state index in [-0.39, 0.29) is 17.2 Å². The molecule has 146 valence electrons. The van der Waals surface area contributed by atoms with Crippen molar-refractivity contribution < 1.29 is 4.79 Å². The third-order valence-corrected chi connectivity index (χ3v) is 5.61. The third kappa shape index (κ3) is 3.05. The van der Waals surface area contributed by atoms with Gasteiger partial charge in [0.15, 0.2) is 11.6 Å². The summed E-state index contributed by atoms with van der Waals surface area (Å²) < 4.78 is 1.85. The first-order valence-electron chi connectivity index (χ1n) is 9.88. The Morgan fingerprint density at radius 3 is 2.79 bits per heavy atom. The highest BCUT2D eigenvalue weighted by Gasteiger charge is 2.41. The van der Waals surface area contributed by atoms with Crippen LogP contribution in [0.3, 0.4) is 0 Å². The van der Waals surface area contributed by atoms with Gasteiger partial charge in [-0.25, -0.2) is 4.68 Å². The van der Waals surface area contributed by atoms with Crippen molar-refractivity contribution in [2.75, 3.05) is 5.32 Å². The Morgan fingerprint density at radius 2 is 2.03 bits per heavy atom. The zero-order valence-electron chi connectivity index (χ0n) is 16.8. The fraction of sp³-hybridized carbons (Fsp3) is 0.304. The average Bonchev–Trinajstić information content (AvgIpc) is 3.09. The molecule has 0 bridgehead atoms. The Morgan fingerprint density at radius 1 is 1.17 bits per heavy atom. The zero-order valence-corrected chi connectivity index (χ0v) is 16.8. The van der Waals surface area contributed by atoms with Crippen LogP contribution in [-0.2, 0) is 4.79 Å². The predicted octanol–water partition coefficient (Wildman–Crippen LogP) is 4.31. The molecule has 1 atom stereocenters. The maximum Gasteiger partial charge on any atom is 0.226 e. The number of hydrogen-bond donors (Lipinski definition) is 1. The van der Waals surface area contributed by atoms with Gasteiger partial charge in [0.2, 0.25) is 5.95 Å². The number of aryl methyl sites for hydroxylation is 1. The predicted molar refractivity (Wildman–Crippen MR) is 111 cm³/mol. The van der Waals surface area contributed by atoms with Crippen molar-refractivity contribution in [1.82, 2.24) is 19.7 Å². The topological polar surface area (TPSA) is 72.7 Å². The van der Waals surface area contributed by atoms with E-state index in [2.05, 4.69) is 49.3 Å². The minimum atomic E-state index is -0.275. The van der Waals surface area contributed by atoms with Crippen LogP contribution >= 0.6 is 0 Å². The number of ketones is 1. The molecule has 1 aliphatic carbocycles. The highest BCUT2D eigenvalue weighted by Crippen LogP contribution is 2.45. The summed E-state index contributed by atoms with van der Waals surface area (Å²) in [7, 11) is 0. The Bertz CT molecular complexity index is 1140. The first kappa shape index (κ1) is 17.8. The van der Waals surface area contributed by atoms with Crippen LogP contribution in [0.15, 0.2) is 60.1 Å². The monoisotopic (exact) mass is 385 g/mol. The maximum absolute atomic E-state index is 13.2. The molecule has 0 saturated carbocycles. The van der Waals surface area contributed by atoms with Gasteiger partial charge in [-0.05, 0) is 36.5 Å². The zero-order chi connectivity index (χ0) is 20.2. The second kappa shape index (κ2) is 6.37. The summed E-state index contributed by atoms with van der Waals surface area (Å²) in [5.74, 6) is 1.45. The molecule has 2 aliphatic rings. The number of benzene rings is 1. The molecule has 1 N–H and O–H groups in total. The molecule has 29 heavy (non-hydrogen) atoms. The number of carbonyl (C=O) groups is 1. The van der Waals surface area contributed by atoms with Crippen molar-refractivity contribution in [3.05, 3.63) is 71.2 Å². The highest BCUT2D eigenvalue weighted by molar-refractivity contribution is 6.00. The van der Waals surface area contributed by atoms with Crippen LogP contribution in [-0.4, -0.2) is 25.5 Å². The molecule has 3 heterocycles. The number of anilines is 1. The molecule has 0 fully saturated rings. The quantitative estimate of drug-likeness (QED) is 0.712. The van der Waals surface area contributed by atoms with Gasteiger partial charge in [-0.2, -0.15) is 4.98 Å². The molecule has 1 aromatic carbocycles. The van der Waals surface area contributed by atoms with Crippen molar-refractivity contribution in [2.45, 2.75) is 39.7 Å². The summed E-state index contributed by atoms with van der Waals surface area (Å²) >= 11 is 0. The molecule has 0 radical (unpaired) electrons. The van der Waals surface area contributed by atoms with Crippen molar-refractivity contribution >= 4 is 11.7 Å². The molecule has 1 aliphatic heterocycles. The molecule has 6 nitrogen and oxygen atoms in total. The number of rotatable bonds is 2. The lowest BCUT2D eigenvalue weighted by Crippen LogP contribution is -2.36. The van der Waals surface area contributed by atoms with Crippen LogP contribution in [0.5, 0.6) is 0 Å². The normalized spacial score (nSPS) is 20.1. The first-order valence-corrected chi connectivity index (χ1v) is 9.88. The fourth-order valence-electron chi connectivity index (χ4n) is 4.37. The summed E-state index contributed by atoms with van der Waals surface area (Å²) in [6.45, 7) is 6.34. The van der Waals surface area contributed by atoms with E-state index in [4.69, 9.17) is 10.1 Å². The number of pyridine rings is 1. The molecule has 5 rings (SSSR count). The number of Topliss-reactive ketones (excluding diaryl/α,β-unsaturated/α-hetero) is 1. The lowest BCUT2D eigenvalue weighted by molar-refractivity contribution is -0.118. The first-order chi connectivity index (χ1) is 13.9. The summed E-state index contributed by atoms with van der Waals surface area (Å²) in [5, 5.41) is 8.20. The molecule has 2 aromatic heterocycles. The van der Waals surface area contributed by atoms with E-state index in [1.54, 1.807) is 12.4 Å². The Labute approximate surface area is 169 Å². The number of carbonyl (C=O) groups excluding carboxylic acids is 1. The lowest BCUT2D eigenvalue weighted by atomic mass is 9.73. The summed E-state index contributed by atoms with van der Waals surface area (Å²) in [6, 6.07) is 11.8. The molecule has 6 heteroatoms. The van der Waals surface area contributed by atoms with Crippen LogP contribution in [0.25, 0.3) is 11.4 Å². The molecular formula is C23H23N5O. The number of nitrogens with one attached hydrogen (secondary N) is 1. The molecule has 0 saturated heterocycles. The standard InChI is InChI=1S/C23H23N5O/c1-14-6-4-7-15(10-14)20-19-17(11-23(2,3)12-18(19)29)25-22-26-21(27-28(20)22)16-8-5-9-24-13-16/h4-10,13,20H,11-12H2,1-3H3,(H,25,26,27). The highest BCUT2D eigenvalue weighted by atomic mass is 16.1. The Hall–Kier alpha value is -3.28. The second-order valence-electron chi connectivity index (χ2n) is 8.72. The third-order valence-electron chi connectivity index (χ3n) is 5.61. The lowest BCUT2D eigenvalue weighted by Gasteiger charge is -2.38. The van der Waals surface area contributed by atoms with E-state index in [0.717, 1.165) is 34.4 Å². The van der Waals surface area contributed by atoms with E-state index in [1.807, 2.05) is 22.9 Å². The van der Waals surface area contributed by atoms with Gasteiger partial charge >= 0.3 is 0 Å². The molecule has 0 spiro atoms. The van der Waals surface area contributed by atoms with E-state index in [1.165, 1.54) is 0 Å². The van der Waals surface area contributed by atoms with Gasteiger partial charge in [0.25, 0.3) is 0 Å². The van der Waals surface area contributed by atoms with Crippen molar-refractivity contribution in [3.8, 4) is 11.4 Å². The minimum absolute atomic E-state index is 0.0750. The number of aromatic nitrogens is 4. The number of fused-ring (bicyclic) bond motifs is 1. The van der Waals surface area contributed by atoms with Gasteiger partial charge in [-0.3, -0.25) is 9.78 Å². The smallest absolute Gasteiger partial charge is 0.226 e. The largest absolute Gasteiger partial charge is 0.328 e. The SMILES string of the molecule is Cc1cccc(C2C3=C(CC(C)(C)CC3=O)Nc3nc(-c4cccnc4)nn32)c1. The summed E-state index contributed by atoms with van der Waals surface area (Å²) in [6.07, 6.45) is 4.83. The second-order valence-corrected chi connectivity index (χ2v) is 8.72. The Kier molecular flexibility index (Phi) is 3.91. The van der Waals surface area contributed by atoms with Crippen LogP contribution < -0.4 is 5.32 Å². The van der Waals surface area contributed by atoms with Gasteiger partial charge in [-0.1, -0.05) is 43.7 Å². The van der Waals surface area contributed by atoms with Crippen molar-refractivity contribution in [1.29, 1.82) is 0 Å². The molecule has 3 aromatic rings. The van der Waals surface area contributed by atoms with Crippen LogP contribution in [0.4, 0.5) is 5.95 Å². The van der Waals surface area contributed by atoms with E-state index in [9.17, 15) is 4.79 Å². The van der Waals surface area contributed by atoms with Gasteiger partial charge in [0.05, 0.1) is 0 Å². The summed E-state index contributed by atoms with van der Waals surface area (Å²) in [5.41, 5.74) is 4.76. The van der Waals surface area contributed by atoms with Crippen molar-refractivity contribution in [3.63, 3.8) is 0 Å². The van der Waals surface area contributed by atoms with Gasteiger partial charge in [-0.15, -0.1) is 5.10 Å². The number of nitrogens with zero attached hydrogens (tertiary/aromatic N) is 4.